The average molecular weight is 231 g/mol. The van der Waals surface area contributed by atoms with Crippen LogP contribution in [0.25, 0.3) is 11.0 Å². The molecule has 1 aromatic heterocycles. The van der Waals surface area contributed by atoms with Gasteiger partial charge in [0.25, 0.3) is 0 Å². The van der Waals surface area contributed by atoms with Gasteiger partial charge in [-0.25, -0.2) is 4.98 Å². The Hall–Kier alpha value is -1.55. The molecule has 1 saturated carbocycles. The molecule has 3 N–H and O–H groups in total. The summed E-state index contributed by atoms with van der Waals surface area (Å²) in [5.74, 6) is 0.840. The van der Waals surface area contributed by atoms with Crippen LogP contribution in [0.5, 0.6) is 0 Å². The Bertz CT molecular complexity index is 467. The summed E-state index contributed by atoms with van der Waals surface area (Å²) in [7, 11) is 0. The van der Waals surface area contributed by atoms with Crippen LogP contribution >= 0.6 is 0 Å². The molecule has 17 heavy (non-hydrogen) atoms. The lowest BCUT2D eigenvalue weighted by atomic mass is 9.93. The lowest BCUT2D eigenvalue weighted by Crippen LogP contribution is -2.28. The van der Waals surface area contributed by atoms with E-state index in [4.69, 9.17) is 0 Å². The van der Waals surface area contributed by atoms with Gasteiger partial charge in [0.05, 0.1) is 17.1 Å². The first kappa shape index (κ1) is 10.6. The number of aromatic nitrogens is 2. The number of aliphatic hydroxyl groups excluding tert-OH is 1. The third kappa shape index (κ3) is 2.26. The average Bonchev–Trinajstić information content (AvgIpc) is 2.74. The molecule has 1 heterocycles. The zero-order valence-corrected chi connectivity index (χ0v) is 9.69. The Morgan fingerprint density at radius 2 is 1.94 bits per heavy atom. The Morgan fingerprint density at radius 1 is 1.18 bits per heavy atom. The van der Waals surface area contributed by atoms with Gasteiger partial charge >= 0.3 is 0 Å². The lowest BCUT2D eigenvalue weighted by molar-refractivity contribution is 0.126. The van der Waals surface area contributed by atoms with Gasteiger partial charge in [0.1, 0.15) is 0 Å². The van der Waals surface area contributed by atoms with E-state index in [1.165, 1.54) is 0 Å². The molecule has 90 valence electrons. The van der Waals surface area contributed by atoms with Crippen LogP contribution in [0.15, 0.2) is 24.3 Å². The van der Waals surface area contributed by atoms with Crippen molar-refractivity contribution in [1.29, 1.82) is 0 Å². The molecule has 0 radical (unpaired) electrons. The van der Waals surface area contributed by atoms with Crippen molar-refractivity contribution in [3.8, 4) is 0 Å². The fourth-order valence-corrected chi connectivity index (χ4v) is 2.43. The van der Waals surface area contributed by atoms with Crippen LogP contribution in [-0.2, 0) is 0 Å². The second-order valence-corrected chi connectivity index (χ2v) is 4.75. The molecule has 1 aromatic carbocycles. The van der Waals surface area contributed by atoms with Crippen molar-refractivity contribution in [1.82, 2.24) is 9.97 Å². The maximum Gasteiger partial charge on any atom is 0.201 e. The van der Waals surface area contributed by atoms with Crippen molar-refractivity contribution in [3.05, 3.63) is 24.3 Å². The van der Waals surface area contributed by atoms with E-state index in [0.29, 0.717) is 6.04 Å². The highest BCUT2D eigenvalue weighted by molar-refractivity contribution is 5.77. The van der Waals surface area contributed by atoms with E-state index >= 15 is 0 Å². The molecule has 1 aliphatic rings. The molecule has 3 rings (SSSR count). The number of nitrogens with one attached hydrogen (secondary N) is 2. The van der Waals surface area contributed by atoms with Crippen molar-refractivity contribution in [3.63, 3.8) is 0 Å². The van der Waals surface area contributed by atoms with E-state index in [-0.39, 0.29) is 6.10 Å². The van der Waals surface area contributed by atoms with Crippen LogP contribution in [-0.4, -0.2) is 27.2 Å². The van der Waals surface area contributed by atoms with Crippen LogP contribution in [0.3, 0.4) is 0 Å². The van der Waals surface area contributed by atoms with Gasteiger partial charge in [0.2, 0.25) is 5.95 Å². The van der Waals surface area contributed by atoms with Crippen molar-refractivity contribution >= 4 is 17.0 Å². The maximum absolute atomic E-state index is 9.46. The van der Waals surface area contributed by atoms with Crippen LogP contribution in [0.2, 0.25) is 0 Å². The molecule has 0 spiro atoms. The van der Waals surface area contributed by atoms with E-state index in [9.17, 15) is 5.11 Å². The first-order chi connectivity index (χ1) is 8.31. The molecular weight excluding hydrogens is 214 g/mol. The predicted molar refractivity (Wildman–Crippen MR) is 68.0 cm³/mol. The van der Waals surface area contributed by atoms with E-state index in [1.807, 2.05) is 24.3 Å². The number of aromatic amines is 1. The van der Waals surface area contributed by atoms with E-state index in [1.54, 1.807) is 0 Å². The number of aliphatic hydroxyl groups is 1. The highest BCUT2D eigenvalue weighted by Crippen LogP contribution is 2.22. The molecule has 0 amide bonds. The number of fused-ring (bicyclic) bond motifs is 1. The third-order valence-corrected chi connectivity index (χ3v) is 3.43. The van der Waals surface area contributed by atoms with Gasteiger partial charge in [-0.15, -0.1) is 0 Å². The molecule has 0 aliphatic heterocycles. The summed E-state index contributed by atoms with van der Waals surface area (Å²) in [5, 5.41) is 12.9. The Labute approximate surface area is 100 Å². The summed E-state index contributed by atoms with van der Waals surface area (Å²) in [6.45, 7) is 0. The molecule has 0 unspecified atom stereocenters. The number of hydrogen-bond donors (Lipinski definition) is 3. The monoisotopic (exact) mass is 231 g/mol. The molecular formula is C13H17N3O. The zero-order chi connectivity index (χ0) is 11.7. The summed E-state index contributed by atoms with van der Waals surface area (Å²) < 4.78 is 0. The summed E-state index contributed by atoms with van der Waals surface area (Å²) >= 11 is 0. The second kappa shape index (κ2) is 4.37. The molecule has 0 saturated heterocycles. The molecule has 2 aromatic rings. The van der Waals surface area contributed by atoms with Crippen LogP contribution in [0.4, 0.5) is 5.95 Å². The topological polar surface area (TPSA) is 60.9 Å². The van der Waals surface area contributed by atoms with E-state index in [2.05, 4.69) is 15.3 Å². The van der Waals surface area contributed by atoms with Crippen LogP contribution in [0.1, 0.15) is 25.7 Å². The first-order valence-electron chi connectivity index (χ1n) is 6.20. The van der Waals surface area contributed by atoms with Gasteiger partial charge < -0.3 is 15.4 Å². The van der Waals surface area contributed by atoms with Gasteiger partial charge in [-0.2, -0.15) is 0 Å². The number of H-pyrrole nitrogens is 1. The fraction of sp³-hybridized carbons (Fsp3) is 0.462. The van der Waals surface area contributed by atoms with Crippen molar-refractivity contribution < 1.29 is 5.11 Å². The van der Waals surface area contributed by atoms with E-state index in [0.717, 1.165) is 42.7 Å². The van der Waals surface area contributed by atoms with Crippen LogP contribution < -0.4 is 5.32 Å². The van der Waals surface area contributed by atoms with Gasteiger partial charge in [-0.3, -0.25) is 0 Å². The highest BCUT2D eigenvalue weighted by Gasteiger charge is 2.19. The summed E-state index contributed by atoms with van der Waals surface area (Å²) in [6.07, 6.45) is 3.69. The predicted octanol–water partition coefficient (Wildman–Crippen LogP) is 2.28. The van der Waals surface area contributed by atoms with Crippen LogP contribution in [0, 0.1) is 0 Å². The minimum atomic E-state index is -0.108. The molecule has 1 fully saturated rings. The van der Waals surface area contributed by atoms with Crippen molar-refractivity contribution in [2.75, 3.05) is 5.32 Å². The Kier molecular flexibility index (Phi) is 2.73. The first-order valence-corrected chi connectivity index (χ1v) is 6.20. The minimum Gasteiger partial charge on any atom is -0.393 e. The minimum absolute atomic E-state index is 0.108. The SMILES string of the molecule is OC1CCC(Nc2nc3ccccc3[nH]2)CC1. The number of para-hydroxylation sites is 2. The Morgan fingerprint density at radius 3 is 2.71 bits per heavy atom. The summed E-state index contributed by atoms with van der Waals surface area (Å²) in [4.78, 5) is 7.77. The lowest BCUT2D eigenvalue weighted by Gasteiger charge is -2.25. The number of hydrogen-bond acceptors (Lipinski definition) is 3. The number of anilines is 1. The number of imidazole rings is 1. The standard InChI is InChI=1S/C13H17N3O/c17-10-7-5-9(6-8-10)14-13-15-11-3-1-2-4-12(11)16-13/h1-4,9-10,17H,5-8H2,(H2,14,15,16). The smallest absolute Gasteiger partial charge is 0.201 e. The van der Waals surface area contributed by atoms with Gasteiger partial charge in [0.15, 0.2) is 0 Å². The zero-order valence-electron chi connectivity index (χ0n) is 9.69. The quantitative estimate of drug-likeness (QED) is 0.743. The van der Waals surface area contributed by atoms with Crippen molar-refractivity contribution in [2.24, 2.45) is 0 Å². The molecule has 1 aliphatic carbocycles. The van der Waals surface area contributed by atoms with Gasteiger partial charge in [0, 0.05) is 6.04 Å². The second-order valence-electron chi connectivity index (χ2n) is 4.75. The maximum atomic E-state index is 9.46. The highest BCUT2D eigenvalue weighted by atomic mass is 16.3. The molecule has 4 heteroatoms. The Balaban J connectivity index is 1.72. The van der Waals surface area contributed by atoms with Crippen molar-refractivity contribution in [2.45, 2.75) is 37.8 Å². The van der Waals surface area contributed by atoms with E-state index < -0.39 is 0 Å². The third-order valence-electron chi connectivity index (χ3n) is 3.43. The largest absolute Gasteiger partial charge is 0.393 e. The number of benzene rings is 1. The number of rotatable bonds is 2. The van der Waals surface area contributed by atoms with Gasteiger partial charge in [-0.1, -0.05) is 12.1 Å². The number of nitrogens with zero attached hydrogens (tertiary/aromatic N) is 1. The summed E-state index contributed by atoms with van der Waals surface area (Å²) in [6, 6.07) is 8.45. The fourth-order valence-electron chi connectivity index (χ4n) is 2.43. The summed E-state index contributed by atoms with van der Waals surface area (Å²) in [5.41, 5.74) is 2.05. The molecule has 0 bridgehead atoms. The van der Waals surface area contributed by atoms with Gasteiger partial charge in [-0.05, 0) is 37.8 Å². The molecule has 0 atom stereocenters. The normalized spacial score (nSPS) is 25.0. The molecule has 4 nitrogen and oxygen atoms in total.